The Hall–Kier alpha value is -2.84. The van der Waals surface area contributed by atoms with Crippen molar-refractivity contribution in [2.45, 2.75) is 84.7 Å². The minimum Gasteiger partial charge on any atom is -0.507 e. The first-order valence-electron chi connectivity index (χ1n) is 14.3. The van der Waals surface area contributed by atoms with Gasteiger partial charge < -0.3 is 20.1 Å². The van der Waals surface area contributed by atoms with Crippen LogP contribution in [0.4, 0.5) is 0 Å². The summed E-state index contributed by atoms with van der Waals surface area (Å²) in [5.41, 5.74) is 3.15. The number of carbonyl (C=O) groups excluding carboxylic acids is 1. The van der Waals surface area contributed by atoms with E-state index in [1.807, 2.05) is 39.8 Å². The summed E-state index contributed by atoms with van der Waals surface area (Å²) >= 11 is 7.37. The van der Waals surface area contributed by atoms with Gasteiger partial charge in [-0.3, -0.25) is 0 Å². The number of aromatic hydroxyl groups is 2. The Morgan fingerprint density at radius 1 is 0.732 bits per heavy atom. The van der Waals surface area contributed by atoms with Crippen LogP contribution in [0.25, 0.3) is 0 Å². The average molecular weight is 688 g/mol. The van der Waals surface area contributed by atoms with E-state index in [2.05, 4.69) is 31.9 Å². The number of carboxylic acids is 1. The monoisotopic (exact) mass is 686 g/mol. The van der Waals surface area contributed by atoms with Gasteiger partial charge in [0.1, 0.15) is 11.5 Å². The van der Waals surface area contributed by atoms with Crippen LogP contribution in [0, 0.1) is 0 Å². The molecule has 4 rings (SSSR count). The molecule has 0 spiro atoms. The lowest BCUT2D eigenvalue weighted by molar-refractivity contribution is 0.0244. The van der Waals surface area contributed by atoms with E-state index in [4.69, 9.17) is 4.74 Å². The predicted octanol–water partition coefficient (Wildman–Crippen LogP) is 8.59. The Morgan fingerprint density at radius 3 is 1.59 bits per heavy atom. The zero-order valence-electron chi connectivity index (χ0n) is 23.9. The number of esters is 1. The Bertz CT molecular complexity index is 1440. The summed E-state index contributed by atoms with van der Waals surface area (Å²) in [5, 5.41) is 33.0. The lowest BCUT2D eigenvalue weighted by atomic mass is 9.73. The molecule has 3 aromatic carbocycles. The van der Waals surface area contributed by atoms with E-state index in [1.165, 1.54) is 12.1 Å². The Kier molecular flexibility index (Phi) is 9.54. The van der Waals surface area contributed by atoms with Crippen LogP contribution >= 0.6 is 31.9 Å². The average Bonchev–Trinajstić information content (AvgIpc) is 3.24. The van der Waals surface area contributed by atoms with E-state index in [-0.39, 0.29) is 22.6 Å². The zero-order chi connectivity index (χ0) is 30.1. The van der Waals surface area contributed by atoms with E-state index < -0.39 is 17.5 Å². The summed E-state index contributed by atoms with van der Waals surface area (Å²) in [5.74, 6) is -1.49. The number of ether oxygens (including phenoxy) is 1. The predicted molar refractivity (Wildman–Crippen MR) is 166 cm³/mol. The lowest BCUT2D eigenvalue weighted by Gasteiger charge is -2.35. The van der Waals surface area contributed by atoms with Crippen LogP contribution in [0.5, 0.6) is 11.5 Å². The first-order chi connectivity index (χ1) is 19.6. The van der Waals surface area contributed by atoms with Gasteiger partial charge in [-0.2, -0.15) is 0 Å². The molecule has 0 amide bonds. The summed E-state index contributed by atoms with van der Waals surface area (Å²) in [6.07, 6.45) is 5.50. The molecule has 0 saturated carbocycles. The highest BCUT2D eigenvalue weighted by molar-refractivity contribution is 9.10. The highest BCUT2D eigenvalue weighted by Crippen LogP contribution is 2.54. The lowest BCUT2D eigenvalue weighted by Crippen LogP contribution is -2.33. The molecule has 3 N–H and O–H groups in total. The second-order valence-corrected chi connectivity index (χ2v) is 12.3. The highest BCUT2D eigenvalue weighted by atomic mass is 79.9. The molecular formula is C33H36Br2O6. The summed E-state index contributed by atoms with van der Waals surface area (Å²) in [6, 6.07) is 8.29. The quantitative estimate of drug-likeness (QED) is 0.175. The van der Waals surface area contributed by atoms with E-state index in [0.717, 1.165) is 36.8 Å². The van der Waals surface area contributed by atoms with Crippen molar-refractivity contribution in [3.63, 3.8) is 0 Å². The smallest absolute Gasteiger partial charge is 0.340 e. The van der Waals surface area contributed by atoms with Crippen LogP contribution in [0.15, 0.2) is 39.3 Å². The van der Waals surface area contributed by atoms with Crippen molar-refractivity contribution in [3.05, 3.63) is 89.3 Å². The molecule has 1 aliphatic heterocycles. The first kappa shape index (κ1) is 31.1. The van der Waals surface area contributed by atoms with Crippen molar-refractivity contribution in [2.75, 3.05) is 0 Å². The van der Waals surface area contributed by atoms with Crippen LogP contribution in [-0.4, -0.2) is 27.3 Å². The van der Waals surface area contributed by atoms with Gasteiger partial charge in [-0.15, -0.1) is 0 Å². The molecule has 0 fully saturated rings. The molecule has 0 radical (unpaired) electrons. The number of carbonyl (C=O) groups is 2. The summed E-state index contributed by atoms with van der Waals surface area (Å²) in [6.45, 7) is 8.14. The molecule has 3 aromatic rings. The topological polar surface area (TPSA) is 104 Å². The number of carboxylic acid groups (broad SMARTS) is 1. The van der Waals surface area contributed by atoms with Crippen molar-refractivity contribution < 1.29 is 29.6 Å². The number of phenols is 2. The molecule has 8 heteroatoms. The number of aromatic carboxylic acids is 1. The van der Waals surface area contributed by atoms with Crippen molar-refractivity contribution in [2.24, 2.45) is 0 Å². The van der Waals surface area contributed by atoms with Crippen molar-refractivity contribution in [1.82, 2.24) is 0 Å². The molecule has 41 heavy (non-hydrogen) atoms. The van der Waals surface area contributed by atoms with Crippen LogP contribution in [-0.2, 0) is 36.0 Å². The molecule has 1 aliphatic rings. The maximum absolute atomic E-state index is 13.7. The van der Waals surface area contributed by atoms with Gasteiger partial charge in [0.15, 0.2) is 5.60 Å². The SMILES string of the molecule is CCCc1c(Br)cc(C2(c3cc(Br)c(CCC)c(O)c3CCC)OC(=O)c3cc(C(=O)O)ccc32)c(CCC)c1O. The summed E-state index contributed by atoms with van der Waals surface area (Å²) in [4.78, 5) is 25.5. The van der Waals surface area contributed by atoms with E-state index in [1.54, 1.807) is 6.07 Å². The van der Waals surface area contributed by atoms with Gasteiger partial charge in [0.05, 0.1) is 11.1 Å². The summed E-state index contributed by atoms with van der Waals surface area (Å²) in [7, 11) is 0. The maximum atomic E-state index is 13.7. The van der Waals surface area contributed by atoms with Crippen LogP contribution in [0.2, 0.25) is 0 Å². The summed E-state index contributed by atoms with van der Waals surface area (Å²) < 4.78 is 7.81. The van der Waals surface area contributed by atoms with Gasteiger partial charge in [0.25, 0.3) is 0 Å². The van der Waals surface area contributed by atoms with E-state index >= 15 is 0 Å². The van der Waals surface area contributed by atoms with Gasteiger partial charge >= 0.3 is 11.9 Å². The fourth-order valence-corrected chi connectivity index (χ4v) is 7.23. The normalized spacial score (nSPS) is 13.8. The Balaban J connectivity index is 2.22. The molecule has 0 atom stereocenters. The van der Waals surface area contributed by atoms with Crippen molar-refractivity contribution >= 4 is 43.8 Å². The van der Waals surface area contributed by atoms with Crippen LogP contribution in [0.3, 0.4) is 0 Å². The maximum Gasteiger partial charge on any atom is 0.340 e. The molecule has 0 unspecified atom stereocenters. The Labute approximate surface area is 258 Å². The van der Waals surface area contributed by atoms with Gasteiger partial charge in [-0.25, -0.2) is 9.59 Å². The van der Waals surface area contributed by atoms with E-state index in [0.29, 0.717) is 62.4 Å². The number of rotatable bonds is 11. The fourth-order valence-electron chi connectivity index (χ4n) is 6.00. The molecule has 1 heterocycles. The van der Waals surface area contributed by atoms with Gasteiger partial charge in [0.2, 0.25) is 0 Å². The van der Waals surface area contributed by atoms with Crippen LogP contribution < -0.4 is 0 Å². The number of hydrogen-bond acceptors (Lipinski definition) is 5. The van der Waals surface area contributed by atoms with Crippen molar-refractivity contribution in [1.29, 1.82) is 0 Å². The molecule has 0 saturated heterocycles. The minimum atomic E-state index is -1.53. The third kappa shape index (κ3) is 5.29. The highest BCUT2D eigenvalue weighted by Gasteiger charge is 2.52. The number of fused-ring (bicyclic) bond motifs is 1. The standard InChI is InChI=1S/C33H36Br2O6/c1-5-9-19-25(16-27(34)21(11-7-3)29(19)36)33(24-14-13-18(31(38)39)15-23(24)32(40)41-33)26-17-28(35)22(12-8-4)30(37)20(26)10-6-2/h13-17,36-37H,5-12H2,1-4H3,(H,38,39). The molecule has 218 valence electrons. The number of hydrogen-bond donors (Lipinski definition) is 3. The van der Waals surface area contributed by atoms with Gasteiger partial charge in [-0.1, -0.05) is 91.3 Å². The number of cyclic esters (lactones) is 1. The molecule has 0 aliphatic carbocycles. The zero-order valence-corrected chi connectivity index (χ0v) is 27.0. The van der Waals surface area contributed by atoms with Gasteiger partial charge in [0, 0.05) is 47.9 Å². The molecule has 0 aromatic heterocycles. The third-order valence-electron chi connectivity index (χ3n) is 7.78. The number of phenolic OH excluding ortho intramolecular Hbond substituents is 2. The Morgan fingerprint density at radius 2 is 1.17 bits per heavy atom. The third-order valence-corrected chi connectivity index (χ3v) is 9.20. The molecular weight excluding hydrogens is 652 g/mol. The van der Waals surface area contributed by atoms with Crippen LogP contribution in [0.1, 0.15) is 113 Å². The van der Waals surface area contributed by atoms with Crippen molar-refractivity contribution in [3.8, 4) is 11.5 Å². The molecule has 0 bridgehead atoms. The van der Waals surface area contributed by atoms with Gasteiger partial charge in [-0.05, 0) is 49.9 Å². The first-order valence-corrected chi connectivity index (χ1v) is 15.8. The fraction of sp³-hybridized carbons (Fsp3) is 0.394. The number of benzene rings is 3. The van der Waals surface area contributed by atoms with E-state index in [9.17, 15) is 24.9 Å². The number of halogens is 2. The largest absolute Gasteiger partial charge is 0.507 e. The minimum absolute atomic E-state index is 0.0243. The molecule has 6 nitrogen and oxygen atoms in total. The second kappa shape index (κ2) is 12.6. The second-order valence-electron chi connectivity index (χ2n) is 10.6.